The molecule has 2 aromatic rings. The molecule has 6 nitrogen and oxygen atoms in total. The molecule has 0 unspecified atom stereocenters. The van der Waals surface area contributed by atoms with Crippen LogP contribution in [0.2, 0.25) is 0 Å². The van der Waals surface area contributed by atoms with E-state index in [1.54, 1.807) is 30.3 Å². The van der Waals surface area contributed by atoms with Crippen LogP contribution < -0.4 is 16.2 Å². The van der Waals surface area contributed by atoms with Gasteiger partial charge in [-0.1, -0.05) is 12.1 Å². The van der Waals surface area contributed by atoms with E-state index in [2.05, 4.69) is 15.6 Å². The van der Waals surface area contributed by atoms with Crippen LogP contribution in [0.15, 0.2) is 41.2 Å². The Hall–Kier alpha value is -2.89. The van der Waals surface area contributed by atoms with Gasteiger partial charge in [0, 0.05) is 23.0 Å². The monoisotopic (exact) mass is 311 g/mol. The maximum Gasteiger partial charge on any atom is 0.251 e. The van der Waals surface area contributed by atoms with E-state index in [0.29, 0.717) is 16.9 Å². The Balaban J connectivity index is 1.76. The van der Waals surface area contributed by atoms with Crippen molar-refractivity contribution in [1.82, 2.24) is 10.3 Å². The molecule has 0 bridgehead atoms. The van der Waals surface area contributed by atoms with Gasteiger partial charge in [0.05, 0.1) is 12.0 Å². The Morgan fingerprint density at radius 1 is 1.17 bits per heavy atom. The molecule has 3 rings (SSSR count). The fraction of sp³-hybridized carbons (Fsp3) is 0.235. The molecule has 0 fully saturated rings. The van der Waals surface area contributed by atoms with Gasteiger partial charge in [-0.2, -0.15) is 0 Å². The van der Waals surface area contributed by atoms with Crippen molar-refractivity contribution in [2.45, 2.75) is 25.8 Å². The van der Waals surface area contributed by atoms with E-state index in [4.69, 9.17) is 0 Å². The standard InChI is InChI=1S/C17H17N3O3/c1-17(2)12-7-6-10(8-13(12)20-16(17)23)15(22)18-9-11-4-3-5-14(21)19-11/h3-8H,9H2,1-2H3,(H,18,22)(H,19,21)(H,20,23). The lowest BCUT2D eigenvalue weighted by atomic mass is 9.86. The van der Waals surface area contributed by atoms with Gasteiger partial charge in [0.25, 0.3) is 5.91 Å². The van der Waals surface area contributed by atoms with Crippen molar-refractivity contribution in [3.05, 3.63) is 63.6 Å². The van der Waals surface area contributed by atoms with Gasteiger partial charge in [-0.05, 0) is 37.6 Å². The molecule has 1 aromatic carbocycles. The second-order valence-corrected chi connectivity index (χ2v) is 6.06. The first-order valence-corrected chi connectivity index (χ1v) is 7.30. The summed E-state index contributed by atoms with van der Waals surface area (Å²) in [5.74, 6) is -0.344. The molecular weight excluding hydrogens is 294 g/mol. The minimum absolute atomic E-state index is 0.0769. The molecule has 118 valence electrons. The van der Waals surface area contributed by atoms with E-state index >= 15 is 0 Å². The minimum Gasteiger partial charge on any atom is -0.346 e. The summed E-state index contributed by atoms with van der Waals surface area (Å²) in [6, 6.07) is 9.94. The lowest BCUT2D eigenvalue weighted by Crippen LogP contribution is -2.26. The number of rotatable bonds is 3. The van der Waals surface area contributed by atoms with Crippen LogP contribution in [0.5, 0.6) is 0 Å². The Bertz CT molecular complexity index is 852. The molecule has 0 atom stereocenters. The Kier molecular flexibility index (Phi) is 3.52. The number of pyridine rings is 1. The molecule has 0 aliphatic carbocycles. The molecule has 1 aliphatic rings. The molecule has 0 saturated heterocycles. The quantitative estimate of drug-likeness (QED) is 0.803. The molecule has 6 heteroatoms. The summed E-state index contributed by atoms with van der Waals surface area (Å²) in [7, 11) is 0. The summed E-state index contributed by atoms with van der Waals surface area (Å²) >= 11 is 0. The van der Waals surface area contributed by atoms with E-state index in [9.17, 15) is 14.4 Å². The van der Waals surface area contributed by atoms with Gasteiger partial charge in [0.2, 0.25) is 11.5 Å². The zero-order valence-corrected chi connectivity index (χ0v) is 12.9. The van der Waals surface area contributed by atoms with Crippen molar-refractivity contribution < 1.29 is 9.59 Å². The highest BCUT2D eigenvalue weighted by Crippen LogP contribution is 2.37. The van der Waals surface area contributed by atoms with Crippen LogP contribution in [0.1, 0.15) is 35.5 Å². The summed E-state index contributed by atoms with van der Waals surface area (Å²) in [6.07, 6.45) is 0. The second-order valence-electron chi connectivity index (χ2n) is 6.06. The Labute approximate surface area is 132 Å². The smallest absolute Gasteiger partial charge is 0.251 e. The van der Waals surface area contributed by atoms with Crippen molar-refractivity contribution in [3.63, 3.8) is 0 Å². The van der Waals surface area contributed by atoms with Crippen molar-refractivity contribution in [2.24, 2.45) is 0 Å². The molecular formula is C17H17N3O3. The third-order valence-electron chi connectivity index (χ3n) is 4.04. The van der Waals surface area contributed by atoms with Gasteiger partial charge in [-0.25, -0.2) is 0 Å². The number of fused-ring (bicyclic) bond motifs is 1. The van der Waals surface area contributed by atoms with E-state index in [-0.39, 0.29) is 23.9 Å². The fourth-order valence-corrected chi connectivity index (χ4v) is 2.61. The maximum atomic E-state index is 12.2. The summed E-state index contributed by atoms with van der Waals surface area (Å²) in [5.41, 5.74) is 1.83. The first-order chi connectivity index (χ1) is 10.9. The van der Waals surface area contributed by atoms with Gasteiger partial charge < -0.3 is 15.6 Å². The highest BCUT2D eigenvalue weighted by molar-refractivity contribution is 6.07. The van der Waals surface area contributed by atoms with Crippen molar-refractivity contribution in [2.75, 3.05) is 5.32 Å². The second kappa shape index (κ2) is 5.39. The van der Waals surface area contributed by atoms with Gasteiger partial charge in [0.1, 0.15) is 0 Å². The van der Waals surface area contributed by atoms with Crippen molar-refractivity contribution in [1.29, 1.82) is 0 Å². The summed E-state index contributed by atoms with van der Waals surface area (Å²) < 4.78 is 0. The van der Waals surface area contributed by atoms with Gasteiger partial charge >= 0.3 is 0 Å². The Morgan fingerprint density at radius 3 is 2.70 bits per heavy atom. The predicted octanol–water partition coefficient (Wildman–Crippen LogP) is 1.53. The lowest BCUT2D eigenvalue weighted by molar-refractivity contribution is -0.119. The maximum absolute atomic E-state index is 12.2. The average molecular weight is 311 g/mol. The molecule has 2 amide bonds. The topological polar surface area (TPSA) is 91.1 Å². The highest BCUT2D eigenvalue weighted by atomic mass is 16.2. The van der Waals surface area contributed by atoms with E-state index < -0.39 is 5.41 Å². The largest absolute Gasteiger partial charge is 0.346 e. The van der Waals surface area contributed by atoms with Crippen LogP contribution >= 0.6 is 0 Å². The van der Waals surface area contributed by atoms with E-state index in [0.717, 1.165) is 5.56 Å². The van der Waals surface area contributed by atoms with E-state index in [1.807, 2.05) is 13.8 Å². The molecule has 0 spiro atoms. The lowest BCUT2D eigenvalue weighted by Gasteiger charge is -2.15. The first kappa shape index (κ1) is 15.0. The number of amides is 2. The van der Waals surface area contributed by atoms with Crippen LogP contribution in [0, 0.1) is 0 Å². The number of aromatic nitrogens is 1. The SMILES string of the molecule is CC1(C)C(=O)Nc2cc(C(=O)NCc3cccc(=O)[nH]3)ccc21. The van der Waals surface area contributed by atoms with Gasteiger partial charge in [-0.3, -0.25) is 14.4 Å². The minimum atomic E-state index is -0.589. The van der Waals surface area contributed by atoms with Crippen LogP contribution in [-0.2, 0) is 16.8 Å². The number of carbonyl (C=O) groups is 2. The predicted molar refractivity (Wildman–Crippen MR) is 86.3 cm³/mol. The molecule has 1 aromatic heterocycles. The molecule has 0 radical (unpaired) electrons. The first-order valence-electron chi connectivity index (χ1n) is 7.30. The van der Waals surface area contributed by atoms with Crippen molar-refractivity contribution in [3.8, 4) is 0 Å². The normalized spacial score (nSPS) is 15.0. The molecule has 23 heavy (non-hydrogen) atoms. The third kappa shape index (κ3) is 2.75. The molecule has 2 heterocycles. The number of aromatic amines is 1. The Morgan fingerprint density at radius 2 is 1.96 bits per heavy atom. The number of carbonyl (C=O) groups excluding carboxylic acids is 2. The zero-order chi connectivity index (χ0) is 16.6. The molecule has 0 saturated carbocycles. The fourth-order valence-electron chi connectivity index (χ4n) is 2.61. The van der Waals surface area contributed by atoms with Crippen LogP contribution in [-0.4, -0.2) is 16.8 Å². The average Bonchev–Trinajstić information content (AvgIpc) is 2.74. The molecule has 1 aliphatic heterocycles. The number of H-pyrrole nitrogens is 1. The number of hydrogen-bond donors (Lipinski definition) is 3. The van der Waals surface area contributed by atoms with Crippen molar-refractivity contribution >= 4 is 17.5 Å². The number of nitrogens with one attached hydrogen (secondary N) is 3. The third-order valence-corrected chi connectivity index (χ3v) is 4.04. The van der Waals surface area contributed by atoms with Crippen LogP contribution in [0.3, 0.4) is 0 Å². The number of benzene rings is 1. The van der Waals surface area contributed by atoms with E-state index in [1.165, 1.54) is 6.07 Å². The number of hydrogen-bond acceptors (Lipinski definition) is 3. The van der Waals surface area contributed by atoms with Crippen LogP contribution in [0.25, 0.3) is 0 Å². The van der Waals surface area contributed by atoms with Gasteiger partial charge in [0.15, 0.2) is 0 Å². The number of anilines is 1. The summed E-state index contributed by atoms with van der Waals surface area (Å²) in [6.45, 7) is 3.92. The zero-order valence-electron chi connectivity index (χ0n) is 12.9. The molecule has 3 N–H and O–H groups in total. The van der Waals surface area contributed by atoms with Crippen LogP contribution in [0.4, 0.5) is 5.69 Å². The highest BCUT2D eigenvalue weighted by Gasteiger charge is 2.38. The summed E-state index contributed by atoms with van der Waals surface area (Å²) in [5, 5.41) is 5.54. The van der Waals surface area contributed by atoms with Gasteiger partial charge in [-0.15, -0.1) is 0 Å². The summed E-state index contributed by atoms with van der Waals surface area (Å²) in [4.78, 5) is 38.0.